The molecular formula is C26H28F9N3O8. The van der Waals surface area contributed by atoms with Gasteiger partial charge in [-0.05, 0) is 44.0 Å². The van der Waals surface area contributed by atoms with Gasteiger partial charge in [0.25, 0.3) is 0 Å². The zero-order valence-corrected chi connectivity index (χ0v) is 23.6. The molecule has 3 heterocycles. The number of pyridine rings is 2. The number of morpholine rings is 1. The van der Waals surface area contributed by atoms with E-state index in [-0.39, 0.29) is 12.2 Å². The first kappa shape index (κ1) is 40.0. The Balaban J connectivity index is 0.000000413. The van der Waals surface area contributed by atoms with Crippen LogP contribution in [0, 0.1) is 6.92 Å². The number of carboxylic acid groups (broad SMARTS) is 3. The summed E-state index contributed by atoms with van der Waals surface area (Å²) in [6.45, 7) is 5.17. The molecule has 20 heteroatoms. The van der Waals surface area contributed by atoms with Crippen LogP contribution < -0.4 is 0 Å². The first-order valence-corrected chi connectivity index (χ1v) is 12.8. The van der Waals surface area contributed by atoms with Gasteiger partial charge in [0.15, 0.2) is 0 Å². The zero-order valence-electron chi connectivity index (χ0n) is 23.6. The molecule has 258 valence electrons. The Morgan fingerprint density at radius 2 is 1.37 bits per heavy atom. The fraction of sp³-hybridized carbons (Fsp3) is 0.500. The second-order valence-electron chi connectivity index (χ2n) is 9.30. The number of nitrogens with zero attached hydrogens (tertiary/aromatic N) is 3. The average Bonchev–Trinajstić information content (AvgIpc) is 3.36. The topological polar surface area (TPSA) is 159 Å². The summed E-state index contributed by atoms with van der Waals surface area (Å²) in [6, 6.07) is 12.6. The van der Waals surface area contributed by atoms with Crippen molar-refractivity contribution >= 4 is 17.9 Å². The second kappa shape index (κ2) is 17.6. The van der Waals surface area contributed by atoms with Crippen molar-refractivity contribution < 1.29 is 78.7 Å². The molecule has 1 saturated heterocycles. The van der Waals surface area contributed by atoms with E-state index in [0.717, 1.165) is 49.6 Å². The number of carbonyl (C=O) groups is 3. The zero-order chi connectivity index (χ0) is 35.3. The Morgan fingerprint density at radius 3 is 1.83 bits per heavy atom. The predicted octanol–water partition coefficient (Wildman–Crippen LogP) is 4.63. The minimum absolute atomic E-state index is 0.152. The molecule has 2 aromatic heterocycles. The molecule has 46 heavy (non-hydrogen) atoms. The van der Waals surface area contributed by atoms with Gasteiger partial charge in [0, 0.05) is 31.0 Å². The molecular weight excluding hydrogens is 653 g/mol. The Hall–Kier alpha value is -4.04. The van der Waals surface area contributed by atoms with Crippen LogP contribution in [-0.4, -0.2) is 98.0 Å². The summed E-state index contributed by atoms with van der Waals surface area (Å²) >= 11 is 0. The number of halogens is 9. The van der Waals surface area contributed by atoms with E-state index in [0.29, 0.717) is 12.6 Å². The van der Waals surface area contributed by atoms with Crippen LogP contribution in [0.5, 0.6) is 0 Å². The van der Waals surface area contributed by atoms with Crippen molar-refractivity contribution in [1.82, 2.24) is 14.9 Å². The molecule has 0 spiro atoms. The summed E-state index contributed by atoms with van der Waals surface area (Å²) in [6.07, 6.45) is -10.9. The molecule has 11 nitrogen and oxygen atoms in total. The number of carboxylic acids is 3. The maximum atomic E-state index is 10.6. The summed E-state index contributed by atoms with van der Waals surface area (Å²) in [4.78, 5) is 38.2. The molecule has 0 amide bonds. The first-order valence-electron chi connectivity index (χ1n) is 12.8. The second-order valence-corrected chi connectivity index (χ2v) is 9.30. The predicted molar refractivity (Wildman–Crippen MR) is 136 cm³/mol. The SMILES string of the molecule is Cc1cccc(CO[C@@H]2CC[C@H]3[C@H]2OCCN3Cc2ccccn2)n1.O=C(O)C(F)(F)F.O=C(O)C(F)(F)F.O=C(O)C(F)(F)F. The molecule has 0 radical (unpaired) electrons. The van der Waals surface area contributed by atoms with Crippen molar-refractivity contribution in [3.8, 4) is 0 Å². The lowest BCUT2D eigenvalue weighted by Gasteiger charge is -2.38. The molecule has 0 unspecified atom stereocenters. The first-order chi connectivity index (χ1) is 21.1. The van der Waals surface area contributed by atoms with Gasteiger partial charge >= 0.3 is 36.4 Å². The third-order valence-corrected chi connectivity index (χ3v) is 5.86. The van der Waals surface area contributed by atoms with E-state index in [4.69, 9.17) is 39.2 Å². The van der Waals surface area contributed by atoms with Crippen molar-refractivity contribution in [2.75, 3.05) is 13.2 Å². The van der Waals surface area contributed by atoms with Crippen LogP contribution in [-0.2, 0) is 37.0 Å². The van der Waals surface area contributed by atoms with Crippen LogP contribution in [0.2, 0.25) is 0 Å². The van der Waals surface area contributed by atoms with Gasteiger partial charge in [-0.15, -0.1) is 0 Å². The molecule has 1 saturated carbocycles. The van der Waals surface area contributed by atoms with Gasteiger partial charge in [-0.1, -0.05) is 12.1 Å². The van der Waals surface area contributed by atoms with Crippen molar-refractivity contribution in [3.05, 3.63) is 59.7 Å². The normalized spacial score (nSPS) is 19.6. The quantitative estimate of drug-likeness (QED) is 0.378. The molecule has 4 rings (SSSR count). The summed E-state index contributed by atoms with van der Waals surface area (Å²) < 4.78 is 107. The van der Waals surface area contributed by atoms with Crippen LogP contribution in [0.4, 0.5) is 39.5 Å². The van der Waals surface area contributed by atoms with Gasteiger partial charge in [0.1, 0.15) is 0 Å². The van der Waals surface area contributed by atoms with E-state index >= 15 is 0 Å². The Kier molecular flexibility index (Phi) is 15.3. The fourth-order valence-corrected chi connectivity index (χ4v) is 3.94. The van der Waals surface area contributed by atoms with Crippen LogP contribution in [0.3, 0.4) is 0 Å². The number of hydrogen-bond acceptors (Lipinski definition) is 8. The maximum absolute atomic E-state index is 10.6. The third kappa shape index (κ3) is 14.8. The smallest absolute Gasteiger partial charge is 0.475 e. The number of aromatic nitrogens is 2. The lowest BCUT2D eigenvalue weighted by atomic mass is 10.1. The van der Waals surface area contributed by atoms with Crippen molar-refractivity contribution in [2.45, 2.75) is 69.7 Å². The summed E-state index contributed by atoms with van der Waals surface area (Å²) in [5.74, 6) is -8.27. The largest absolute Gasteiger partial charge is 0.490 e. The highest BCUT2D eigenvalue weighted by Gasteiger charge is 2.43. The molecule has 3 atom stereocenters. The number of aliphatic carboxylic acids is 3. The molecule has 1 aliphatic carbocycles. The van der Waals surface area contributed by atoms with Crippen LogP contribution in [0.1, 0.15) is 29.9 Å². The highest BCUT2D eigenvalue weighted by molar-refractivity contribution is 5.73. The van der Waals surface area contributed by atoms with Crippen molar-refractivity contribution in [1.29, 1.82) is 0 Å². The van der Waals surface area contributed by atoms with Crippen LogP contribution in [0.15, 0.2) is 42.6 Å². The van der Waals surface area contributed by atoms with E-state index in [9.17, 15) is 39.5 Å². The van der Waals surface area contributed by atoms with Gasteiger partial charge in [-0.2, -0.15) is 39.5 Å². The Bertz CT molecular complexity index is 1200. The minimum Gasteiger partial charge on any atom is -0.475 e. The maximum Gasteiger partial charge on any atom is 0.490 e. The molecule has 3 N–H and O–H groups in total. The monoisotopic (exact) mass is 681 g/mol. The lowest BCUT2D eigenvalue weighted by molar-refractivity contribution is -0.193. The molecule has 0 bridgehead atoms. The highest BCUT2D eigenvalue weighted by Crippen LogP contribution is 2.33. The van der Waals surface area contributed by atoms with E-state index in [2.05, 4.69) is 27.0 Å². The van der Waals surface area contributed by atoms with Gasteiger partial charge < -0.3 is 24.8 Å². The summed E-state index contributed by atoms with van der Waals surface area (Å²) in [5.41, 5.74) is 3.14. The number of alkyl halides is 9. The van der Waals surface area contributed by atoms with E-state index in [1.807, 2.05) is 37.4 Å². The van der Waals surface area contributed by atoms with Gasteiger partial charge in [-0.25, -0.2) is 14.4 Å². The number of fused-ring (bicyclic) bond motifs is 1. The Labute approximate surface area is 254 Å². The molecule has 0 aromatic carbocycles. The van der Waals surface area contributed by atoms with Gasteiger partial charge in [-0.3, -0.25) is 14.9 Å². The lowest BCUT2D eigenvalue weighted by Crippen LogP contribution is -2.51. The Morgan fingerprint density at radius 1 is 0.848 bits per heavy atom. The highest BCUT2D eigenvalue weighted by atomic mass is 19.4. The van der Waals surface area contributed by atoms with Gasteiger partial charge in [0.2, 0.25) is 0 Å². The minimum atomic E-state index is -5.08. The number of aryl methyl sites for hydroxylation is 1. The number of hydrogen-bond donors (Lipinski definition) is 3. The third-order valence-electron chi connectivity index (χ3n) is 5.86. The summed E-state index contributed by atoms with van der Waals surface area (Å²) in [5, 5.41) is 21.4. The van der Waals surface area contributed by atoms with E-state index in [1.165, 1.54) is 0 Å². The molecule has 2 aromatic rings. The molecule has 2 aliphatic rings. The average molecular weight is 682 g/mol. The number of ether oxygens (including phenoxy) is 2. The van der Waals surface area contributed by atoms with Crippen molar-refractivity contribution in [2.24, 2.45) is 0 Å². The molecule has 2 fully saturated rings. The van der Waals surface area contributed by atoms with E-state index < -0.39 is 36.4 Å². The van der Waals surface area contributed by atoms with E-state index in [1.54, 1.807) is 0 Å². The standard InChI is InChI=1S/C20H25N3O2.3C2HF3O2/c1-15-5-4-7-17(22-15)14-25-19-9-8-18-20(19)24-12-11-23(18)13-16-6-2-3-10-21-16;3*3-2(4,5)1(6)7/h2-7,10,18-20H,8-9,11-14H2,1H3;3*(H,6,7)/t18-,19+,20+;;;/m0.../s1. The van der Waals surface area contributed by atoms with Crippen LogP contribution in [0.25, 0.3) is 0 Å². The number of rotatable bonds is 5. The summed E-state index contributed by atoms with van der Waals surface area (Å²) in [7, 11) is 0. The van der Waals surface area contributed by atoms with Crippen LogP contribution >= 0.6 is 0 Å². The van der Waals surface area contributed by atoms with Crippen molar-refractivity contribution in [3.63, 3.8) is 0 Å². The fourth-order valence-electron chi connectivity index (χ4n) is 3.94. The molecule has 1 aliphatic heterocycles. The van der Waals surface area contributed by atoms with Gasteiger partial charge in [0.05, 0.1) is 36.8 Å².